The van der Waals surface area contributed by atoms with Crippen molar-refractivity contribution in [2.45, 2.75) is 49.8 Å². The number of aliphatic hydroxyl groups is 1. The maximum Gasteiger partial charge on any atom is 0.155 e. The minimum atomic E-state index is -0.125. The second-order valence-corrected chi connectivity index (χ2v) is 10.1. The maximum absolute atomic E-state index is 10.0. The first-order valence-corrected chi connectivity index (χ1v) is 11.4. The number of benzene rings is 3. The van der Waals surface area contributed by atoms with Gasteiger partial charge in [-0.1, -0.05) is 56.0 Å². The number of carbonyl (C=O) groups is 1. The molecule has 3 aromatic carbocycles. The van der Waals surface area contributed by atoms with Gasteiger partial charge in [0.2, 0.25) is 0 Å². The minimum absolute atomic E-state index is 0. The first kappa shape index (κ1) is 25.2. The monoisotopic (exact) mass is 633 g/mol. The molecule has 0 amide bonds. The van der Waals surface area contributed by atoms with Crippen LogP contribution in [0.25, 0.3) is 32.8 Å². The first-order valence-electron chi connectivity index (χ1n) is 10.6. The summed E-state index contributed by atoms with van der Waals surface area (Å²) >= 11 is 1.84. The molecule has 0 atom stereocenters. The van der Waals surface area contributed by atoms with Crippen LogP contribution >= 0.6 is 11.8 Å². The Morgan fingerprint density at radius 2 is 1.79 bits per heavy atom. The van der Waals surface area contributed by atoms with Gasteiger partial charge in [0, 0.05) is 43.0 Å². The molecule has 1 aliphatic heterocycles. The van der Waals surface area contributed by atoms with Crippen molar-refractivity contribution in [1.82, 2.24) is 4.98 Å². The zero-order valence-electron chi connectivity index (χ0n) is 19.3. The Kier molecular flexibility index (Phi) is 7.48. The maximum atomic E-state index is 10.0. The third-order valence-corrected chi connectivity index (χ3v) is 6.42. The summed E-state index contributed by atoms with van der Waals surface area (Å²) < 4.78 is 0. The van der Waals surface area contributed by atoms with Crippen LogP contribution in [-0.4, -0.2) is 15.9 Å². The minimum Gasteiger partial charge on any atom is -0.512 e. The number of ketones is 1. The Hall–Kier alpha value is -2.46. The third kappa shape index (κ3) is 5.22. The van der Waals surface area contributed by atoms with Gasteiger partial charge < -0.3 is 5.11 Å². The van der Waals surface area contributed by atoms with Gasteiger partial charge in [0.25, 0.3) is 0 Å². The van der Waals surface area contributed by atoms with Gasteiger partial charge in [-0.2, -0.15) is 0 Å². The van der Waals surface area contributed by atoms with E-state index in [9.17, 15) is 4.79 Å². The van der Waals surface area contributed by atoms with E-state index in [4.69, 9.17) is 10.1 Å². The van der Waals surface area contributed by atoms with Crippen LogP contribution in [0.2, 0.25) is 0 Å². The molecule has 1 aliphatic rings. The number of pyridine rings is 1. The number of hydrogen-bond donors (Lipinski definition) is 1. The quantitative estimate of drug-likeness (QED) is 0.117. The van der Waals surface area contributed by atoms with Crippen molar-refractivity contribution in [1.29, 1.82) is 0 Å². The summed E-state index contributed by atoms with van der Waals surface area (Å²) in [5.74, 6) is -0.0625. The number of fused-ring (bicyclic) bond motifs is 3. The molecule has 0 bridgehead atoms. The molecule has 0 aliphatic carbocycles. The van der Waals surface area contributed by atoms with Crippen LogP contribution in [0.15, 0.2) is 76.4 Å². The normalized spacial score (nSPS) is 12.5. The number of carbonyl (C=O) groups excluding carboxylic acids is 1. The van der Waals surface area contributed by atoms with E-state index in [1.54, 1.807) is 0 Å². The molecule has 0 saturated heterocycles. The Bertz CT molecular complexity index is 1380. The molecule has 2 heterocycles. The zero-order valence-corrected chi connectivity index (χ0v) is 22.5. The Balaban J connectivity index is 0.000000337. The Morgan fingerprint density at radius 1 is 1.06 bits per heavy atom. The van der Waals surface area contributed by atoms with Gasteiger partial charge in [-0.3, -0.25) is 9.78 Å². The predicted molar refractivity (Wildman–Crippen MR) is 133 cm³/mol. The molecule has 1 aromatic heterocycles. The zero-order chi connectivity index (χ0) is 23.0. The summed E-state index contributed by atoms with van der Waals surface area (Å²) in [6, 6.07) is 21.0. The molecule has 171 valence electrons. The van der Waals surface area contributed by atoms with Gasteiger partial charge >= 0.3 is 0 Å². The number of aromatic nitrogens is 1. The molecule has 0 unspecified atom stereocenters. The van der Waals surface area contributed by atoms with Crippen molar-refractivity contribution in [3.8, 4) is 11.3 Å². The summed E-state index contributed by atoms with van der Waals surface area (Å²) in [6.07, 6.45) is 3.11. The molecule has 33 heavy (non-hydrogen) atoms. The fourth-order valence-corrected chi connectivity index (χ4v) is 5.13. The smallest absolute Gasteiger partial charge is 0.155 e. The van der Waals surface area contributed by atoms with Crippen molar-refractivity contribution in [3.05, 3.63) is 78.2 Å². The van der Waals surface area contributed by atoms with Crippen molar-refractivity contribution in [2.75, 3.05) is 0 Å². The van der Waals surface area contributed by atoms with E-state index in [0.29, 0.717) is 0 Å². The van der Waals surface area contributed by atoms with E-state index in [0.717, 1.165) is 16.6 Å². The fourth-order valence-electron chi connectivity index (χ4n) is 4.01. The van der Waals surface area contributed by atoms with E-state index in [2.05, 4.69) is 75.4 Å². The summed E-state index contributed by atoms with van der Waals surface area (Å²) in [6.45, 7) is 9.66. The molecular weight excluding hydrogens is 607 g/mol. The molecule has 0 fully saturated rings. The van der Waals surface area contributed by atoms with Crippen molar-refractivity contribution < 1.29 is 30.0 Å². The number of hydrogen-bond acceptors (Lipinski definition) is 4. The van der Waals surface area contributed by atoms with Crippen LogP contribution in [0.3, 0.4) is 0 Å². The van der Waals surface area contributed by atoms with Gasteiger partial charge in [0.15, 0.2) is 5.78 Å². The van der Waals surface area contributed by atoms with Gasteiger partial charge in [0.1, 0.15) is 0 Å². The van der Waals surface area contributed by atoms with Gasteiger partial charge in [-0.25, -0.2) is 0 Å². The van der Waals surface area contributed by atoms with Gasteiger partial charge in [-0.05, 0) is 52.6 Å². The Labute approximate surface area is 212 Å². The van der Waals surface area contributed by atoms with Crippen LogP contribution in [0.5, 0.6) is 0 Å². The van der Waals surface area contributed by atoms with Crippen LogP contribution in [-0.2, 0) is 30.3 Å². The predicted octanol–water partition coefficient (Wildman–Crippen LogP) is 7.65. The standard InChI is InChI=1S/C23H18NS.C5H8O2.Ir/c1-23(2,3)18-8-9-19-21-16(18)10-11-24-22(21)17-12-14-6-4-5-7-15(14)13-20(17)25-19;1-4(6)3-5(2)7;/h4-11,13H,1-3H3;3,6H,1-2H3;/q-1;;/b;4-3-;. The van der Waals surface area contributed by atoms with Gasteiger partial charge in [-0.15, -0.1) is 35.3 Å². The number of allylic oxidation sites excluding steroid dienone is 2. The molecule has 4 aromatic rings. The average molecular weight is 633 g/mol. The van der Waals surface area contributed by atoms with Crippen molar-refractivity contribution in [2.24, 2.45) is 0 Å². The summed E-state index contributed by atoms with van der Waals surface area (Å²) in [4.78, 5) is 17.3. The number of aliphatic hydroxyl groups excluding tert-OH is 1. The van der Waals surface area contributed by atoms with Crippen LogP contribution in [0.4, 0.5) is 0 Å². The topological polar surface area (TPSA) is 50.2 Å². The number of rotatable bonds is 1. The molecule has 0 saturated carbocycles. The van der Waals surface area contributed by atoms with E-state index in [1.165, 1.54) is 51.4 Å². The third-order valence-electron chi connectivity index (χ3n) is 5.32. The molecule has 5 heteroatoms. The molecule has 3 nitrogen and oxygen atoms in total. The first-order chi connectivity index (χ1) is 15.1. The molecular formula is C28H26IrNO2S-. The van der Waals surface area contributed by atoms with Gasteiger partial charge in [0.05, 0.1) is 5.76 Å². The van der Waals surface area contributed by atoms with E-state index in [1.807, 2.05) is 18.0 Å². The van der Waals surface area contributed by atoms with Crippen LogP contribution in [0.1, 0.15) is 40.2 Å². The van der Waals surface area contributed by atoms with Crippen molar-refractivity contribution in [3.63, 3.8) is 0 Å². The Morgan fingerprint density at radius 3 is 2.42 bits per heavy atom. The fraction of sp³-hybridized carbons (Fsp3) is 0.214. The molecule has 0 spiro atoms. The van der Waals surface area contributed by atoms with Crippen LogP contribution < -0.4 is 0 Å². The second-order valence-electron chi connectivity index (χ2n) is 9.04. The van der Waals surface area contributed by atoms with Crippen LogP contribution in [0, 0.1) is 6.07 Å². The van der Waals surface area contributed by atoms with E-state index >= 15 is 0 Å². The molecule has 1 N–H and O–H groups in total. The molecule has 1 radical (unpaired) electrons. The average Bonchev–Trinajstić information content (AvgIpc) is 2.71. The molecule has 5 rings (SSSR count). The van der Waals surface area contributed by atoms with E-state index in [-0.39, 0.29) is 37.1 Å². The van der Waals surface area contributed by atoms with Crippen molar-refractivity contribution >= 4 is 39.1 Å². The largest absolute Gasteiger partial charge is 0.512 e. The second kappa shape index (κ2) is 9.80. The van der Waals surface area contributed by atoms with E-state index < -0.39 is 0 Å². The SMILES string of the molecule is CC(=O)/C=C(/C)O.CC(C)(C)c1ccc2c3c(nccc13)-c1[c-]c3ccccc3cc1S2.[Ir]. The summed E-state index contributed by atoms with van der Waals surface area (Å²) in [5.41, 5.74) is 3.68. The summed E-state index contributed by atoms with van der Waals surface area (Å²) in [7, 11) is 0. The summed E-state index contributed by atoms with van der Waals surface area (Å²) in [5, 5.41) is 13.3. The number of nitrogens with zero attached hydrogens (tertiary/aromatic N) is 1.